The fourth-order valence-corrected chi connectivity index (χ4v) is 6.80. The van der Waals surface area contributed by atoms with Gasteiger partial charge in [-0.15, -0.1) is 6.42 Å². The molecule has 0 spiro atoms. The Morgan fingerprint density at radius 3 is 2.20 bits per heavy atom. The van der Waals surface area contributed by atoms with Gasteiger partial charge in [0.1, 0.15) is 5.60 Å². The molecular formula is C33H34O11. The van der Waals surface area contributed by atoms with Crippen molar-refractivity contribution in [2.45, 2.75) is 83.6 Å². The van der Waals surface area contributed by atoms with Crippen LogP contribution < -0.4 is 0 Å². The van der Waals surface area contributed by atoms with Crippen molar-refractivity contribution in [2.24, 2.45) is 16.7 Å². The number of terminal acetylenes is 1. The lowest BCUT2D eigenvalue weighted by molar-refractivity contribution is -0.287. The fourth-order valence-electron chi connectivity index (χ4n) is 6.80. The highest BCUT2D eigenvalue weighted by Crippen LogP contribution is 2.62. The summed E-state index contributed by atoms with van der Waals surface area (Å²) in [6.07, 6.45) is 0.0657. The standard InChI is InChI=1S/C33H34O11/c1-8-9-10-11-12-13-14-25(39)43-29-32(41)17-24(38)19(2)26(30(32,5)6)27(42-20(3)35)28(40)31(7)16-15-23(37)22(18-34)33(29,31)44-21(4)36/h1,15-16,22-24,27,29,34,37-38,41H,17-18H2,2-7H3/t22-,23-,24+,27-,29-,31+,32-,33-/m1/s1. The first-order valence-corrected chi connectivity index (χ1v) is 13.6. The zero-order valence-electron chi connectivity index (χ0n) is 25.2. The van der Waals surface area contributed by atoms with Crippen molar-refractivity contribution in [3.63, 3.8) is 0 Å². The Balaban J connectivity index is 2.51. The van der Waals surface area contributed by atoms with E-state index in [2.05, 4.69) is 41.4 Å². The van der Waals surface area contributed by atoms with Gasteiger partial charge in [0.25, 0.3) is 0 Å². The van der Waals surface area contributed by atoms with Gasteiger partial charge in [0.2, 0.25) is 0 Å². The van der Waals surface area contributed by atoms with Gasteiger partial charge < -0.3 is 34.6 Å². The summed E-state index contributed by atoms with van der Waals surface area (Å²) in [4.78, 5) is 53.2. The summed E-state index contributed by atoms with van der Waals surface area (Å²) < 4.78 is 17.3. The van der Waals surface area contributed by atoms with Crippen molar-refractivity contribution in [2.75, 3.05) is 6.61 Å². The van der Waals surface area contributed by atoms with Gasteiger partial charge in [-0.05, 0) is 60.5 Å². The quantitative estimate of drug-likeness (QED) is 0.109. The maximum atomic E-state index is 14.7. The normalized spacial score (nSPS) is 34.8. The fraction of sp³-hybridized carbons (Fsp3) is 0.515. The van der Waals surface area contributed by atoms with E-state index in [1.54, 1.807) is 0 Å². The Hall–Kier alpha value is -4.36. The highest BCUT2D eigenvalue weighted by molar-refractivity contribution is 5.97. The minimum Gasteiger partial charge on any atom is -0.453 e. The Kier molecular flexibility index (Phi) is 9.56. The summed E-state index contributed by atoms with van der Waals surface area (Å²) in [5.74, 6) is 9.89. The van der Waals surface area contributed by atoms with Crippen LogP contribution in [0.5, 0.6) is 0 Å². The first kappa shape index (κ1) is 34.1. The van der Waals surface area contributed by atoms with Gasteiger partial charge in [0, 0.05) is 31.6 Å². The van der Waals surface area contributed by atoms with Crippen LogP contribution in [0.15, 0.2) is 23.3 Å². The lowest BCUT2D eigenvalue weighted by atomic mass is 9.46. The largest absolute Gasteiger partial charge is 0.453 e. The number of ether oxygens (including phenoxy) is 3. The van der Waals surface area contributed by atoms with Crippen molar-refractivity contribution < 1.29 is 53.8 Å². The van der Waals surface area contributed by atoms with Gasteiger partial charge in [0.15, 0.2) is 23.6 Å². The van der Waals surface area contributed by atoms with Gasteiger partial charge in [-0.2, -0.15) is 0 Å². The van der Waals surface area contributed by atoms with Crippen molar-refractivity contribution in [1.82, 2.24) is 0 Å². The Labute approximate surface area is 255 Å². The zero-order chi connectivity index (χ0) is 33.3. The summed E-state index contributed by atoms with van der Waals surface area (Å²) in [7, 11) is 0. The molecule has 11 nitrogen and oxygen atoms in total. The molecule has 232 valence electrons. The first-order valence-electron chi connectivity index (χ1n) is 13.6. The number of ketones is 1. The van der Waals surface area contributed by atoms with Crippen LogP contribution in [0.1, 0.15) is 48.0 Å². The lowest BCUT2D eigenvalue weighted by Gasteiger charge is -2.64. The molecule has 0 radical (unpaired) electrons. The molecule has 2 bridgehead atoms. The highest BCUT2D eigenvalue weighted by Gasteiger charge is 2.77. The molecule has 0 aromatic heterocycles. The van der Waals surface area contributed by atoms with Gasteiger partial charge in [0.05, 0.1) is 30.1 Å². The maximum absolute atomic E-state index is 14.7. The monoisotopic (exact) mass is 606 g/mol. The van der Waals surface area contributed by atoms with Crippen LogP contribution in [0.3, 0.4) is 0 Å². The molecule has 11 heteroatoms. The molecule has 0 aromatic rings. The molecule has 0 amide bonds. The molecule has 3 rings (SSSR count). The van der Waals surface area contributed by atoms with E-state index >= 15 is 0 Å². The van der Waals surface area contributed by atoms with Gasteiger partial charge in [-0.1, -0.05) is 26.0 Å². The molecule has 0 saturated heterocycles. The lowest BCUT2D eigenvalue weighted by Crippen LogP contribution is -2.79. The maximum Gasteiger partial charge on any atom is 0.385 e. The van der Waals surface area contributed by atoms with Gasteiger partial charge in [-0.25, -0.2) is 4.79 Å². The summed E-state index contributed by atoms with van der Waals surface area (Å²) >= 11 is 0. The van der Waals surface area contributed by atoms with E-state index in [0.29, 0.717) is 0 Å². The van der Waals surface area contributed by atoms with Crippen LogP contribution in [-0.4, -0.2) is 86.3 Å². The van der Waals surface area contributed by atoms with E-state index in [9.17, 15) is 39.6 Å². The van der Waals surface area contributed by atoms with E-state index in [-0.39, 0.29) is 11.1 Å². The van der Waals surface area contributed by atoms with E-state index in [1.807, 2.05) is 0 Å². The zero-order valence-corrected chi connectivity index (χ0v) is 25.2. The second kappa shape index (κ2) is 12.3. The number of esters is 3. The van der Waals surface area contributed by atoms with Gasteiger partial charge in [-0.3, -0.25) is 14.4 Å². The van der Waals surface area contributed by atoms with Crippen LogP contribution in [0.25, 0.3) is 0 Å². The Bertz CT molecular complexity index is 1560. The minimum atomic E-state index is -2.54. The number of aliphatic hydroxyl groups excluding tert-OH is 3. The number of carbonyl (C=O) groups excluding carboxylic acids is 4. The Morgan fingerprint density at radius 1 is 1.02 bits per heavy atom. The molecule has 4 N–H and O–H groups in total. The molecule has 3 aliphatic rings. The number of hydrogen-bond acceptors (Lipinski definition) is 11. The molecule has 3 aliphatic carbocycles. The predicted molar refractivity (Wildman–Crippen MR) is 153 cm³/mol. The van der Waals surface area contributed by atoms with Crippen molar-refractivity contribution in [3.8, 4) is 47.9 Å². The van der Waals surface area contributed by atoms with E-state index in [4.69, 9.17) is 20.6 Å². The first-order chi connectivity index (χ1) is 20.5. The third-order valence-electron chi connectivity index (χ3n) is 8.93. The molecule has 0 aliphatic heterocycles. The van der Waals surface area contributed by atoms with Crippen LogP contribution in [0, 0.1) is 64.6 Å². The molecule has 0 heterocycles. The predicted octanol–water partition coefficient (Wildman–Crippen LogP) is -0.258. The topological polar surface area (TPSA) is 177 Å². The van der Waals surface area contributed by atoms with Crippen LogP contribution >= 0.6 is 0 Å². The molecular weight excluding hydrogens is 572 g/mol. The summed E-state index contributed by atoms with van der Waals surface area (Å²) in [6.45, 7) is 6.91. The van der Waals surface area contributed by atoms with Crippen LogP contribution in [-0.2, 0) is 33.4 Å². The number of Topliss-reactive ketones (excluding diaryl/α,β-unsaturated/α-hetero) is 1. The third-order valence-corrected chi connectivity index (χ3v) is 8.93. The van der Waals surface area contributed by atoms with Crippen molar-refractivity contribution in [1.29, 1.82) is 0 Å². The summed E-state index contributed by atoms with van der Waals surface area (Å²) in [5.41, 5.74) is -8.43. The average Bonchev–Trinajstić information content (AvgIpc) is 2.93. The molecule has 0 aromatic carbocycles. The van der Waals surface area contributed by atoms with E-state index in [0.717, 1.165) is 13.8 Å². The minimum absolute atomic E-state index is 0.0433. The highest BCUT2D eigenvalue weighted by atomic mass is 16.6. The molecule has 8 atom stereocenters. The third kappa shape index (κ3) is 5.30. The number of rotatable bonds is 4. The molecule has 44 heavy (non-hydrogen) atoms. The van der Waals surface area contributed by atoms with E-state index in [1.165, 1.54) is 39.8 Å². The van der Waals surface area contributed by atoms with Crippen molar-refractivity contribution >= 4 is 23.7 Å². The van der Waals surface area contributed by atoms with Crippen LogP contribution in [0.4, 0.5) is 0 Å². The summed E-state index contributed by atoms with van der Waals surface area (Å²) in [5, 5.41) is 45.7. The van der Waals surface area contributed by atoms with E-state index < -0.39 is 89.1 Å². The van der Waals surface area contributed by atoms with Gasteiger partial charge >= 0.3 is 17.9 Å². The molecule has 1 fully saturated rings. The number of fused-ring (bicyclic) bond motifs is 3. The van der Waals surface area contributed by atoms with Crippen molar-refractivity contribution in [3.05, 3.63) is 23.3 Å². The van der Waals surface area contributed by atoms with Crippen LogP contribution in [0.2, 0.25) is 0 Å². The summed E-state index contributed by atoms with van der Waals surface area (Å²) in [6, 6.07) is 0. The molecule has 1 saturated carbocycles. The second-order valence-corrected chi connectivity index (χ2v) is 11.6. The SMILES string of the molecule is C#CC#CC#CC#CC(=O)O[C@H]1[C@]2(OC(C)=O)[C@H](CO)[C@H](O)C=C[C@@]2(C)C(=O)[C@H](OC(C)=O)C2=C(C)[C@@H](O)C[C@]1(O)C2(C)C. The Morgan fingerprint density at radius 2 is 1.64 bits per heavy atom. The second-order valence-electron chi connectivity index (χ2n) is 11.6. The number of hydrogen-bond donors (Lipinski definition) is 4. The number of carbonyl (C=O) groups is 4. The number of aliphatic hydroxyl groups is 4. The smallest absolute Gasteiger partial charge is 0.385 e. The average molecular weight is 607 g/mol. The molecule has 0 unspecified atom stereocenters.